The predicted octanol–water partition coefficient (Wildman–Crippen LogP) is 2.89. The number of para-hydroxylation sites is 1. The number of nitrogens with zero attached hydrogens (tertiary/aromatic N) is 2. The van der Waals surface area contributed by atoms with Crippen molar-refractivity contribution in [3.8, 4) is 0 Å². The summed E-state index contributed by atoms with van der Waals surface area (Å²) in [6, 6.07) is 6.33. The van der Waals surface area contributed by atoms with Gasteiger partial charge in [0, 0.05) is 24.5 Å². The minimum absolute atomic E-state index is 0.0504. The molecule has 6 nitrogen and oxygen atoms in total. The SMILES string of the molecule is C=CCN(CC=C)C(=O)c1cc2cccc([N+](=O)[O-])c2[nH]1. The van der Waals surface area contributed by atoms with Crippen LogP contribution >= 0.6 is 0 Å². The number of aromatic amines is 1. The summed E-state index contributed by atoms with van der Waals surface area (Å²) < 4.78 is 0. The maximum Gasteiger partial charge on any atom is 0.293 e. The number of nitro benzene ring substituents is 1. The molecule has 0 spiro atoms. The molecule has 2 rings (SSSR count). The third-order valence-corrected chi connectivity index (χ3v) is 3.05. The zero-order valence-electron chi connectivity index (χ0n) is 11.4. The molecule has 1 aromatic carbocycles. The second kappa shape index (κ2) is 6.04. The van der Waals surface area contributed by atoms with Gasteiger partial charge in [-0.25, -0.2) is 0 Å². The summed E-state index contributed by atoms with van der Waals surface area (Å²) >= 11 is 0. The van der Waals surface area contributed by atoms with E-state index in [0.717, 1.165) is 0 Å². The van der Waals surface area contributed by atoms with Crippen molar-refractivity contribution >= 4 is 22.5 Å². The van der Waals surface area contributed by atoms with Crippen molar-refractivity contribution in [1.82, 2.24) is 9.88 Å². The minimum atomic E-state index is -0.474. The number of benzene rings is 1. The predicted molar refractivity (Wildman–Crippen MR) is 81.3 cm³/mol. The van der Waals surface area contributed by atoms with Crippen molar-refractivity contribution in [2.45, 2.75) is 0 Å². The number of amides is 1. The van der Waals surface area contributed by atoms with Crippen LogP contribution in [0, 0.1) is 10.1 Å². The fraction of sp³-hybridized carbons (Fsp3) is 0.133. The average Bonchev–Trinajstić information content (AvgIpc) is 2.89. The van der Waals surface area contributed by atoms with Crippen LogP contribution in [-0.4, -0.2) is 33.8 Å². The molecule has 1 amide bonds. The summed E-state index contributed by atoms with van der Waals surface area (Å²) in [4.78, 5) is 27.3. The highest BCUT2D eigenvalue weighted by atomic mass is 16.6. The number of nitro groups is 1. The van der Waals surface area contributed by atoms with Crippen LogP contribution in [0.2, 0.25) is 0 Å². The molecule has 1 aromatic heterocycles. The number of non-ortho nitro benzene ring substituents is 1. The van der Waals surface area contributed by atoms with Crippen LogP contribution in [-0.2, 0) is 0 Å². The molecule has 0 aliphatic carbocycles. The maximum absolute atomic E-state index is 12.4. The Labute approximate surface area is 121 Å². The molecule has 0 bridgehead atoms. The number of hydrogen-bond acceptors (Lipinski definition) is 3. The fourth-order valence-electron chi connectivity index (χ4n) is 2.13. The molecule has 0 aliphatic rings. The van der Waals surface area contributed by atoms with Gasteiger partial charge < -0.3 is 9.88 Å². The third-order valence-electron chi connectivity index (χ3n) is 3.05. The summed E-state index contributed by atoms with van der Waals surface area (Å²) in [5.41, 5.74) is 0.608. The van der Waals surface area contributed by atoms with Crippen LogP contribution in [0.4, 0.5) is 5.69 Å². The van der Waals surface area contributed by atoms with Gasteiger partial charge in [-0.15, -0.1) is 13.2 Å². The van der Waals surface area contributed by atoms with Crippen molar-refractivity contribution in [1.29, 1.82) is 0 Å². The highest BCUT2D eigenvalue weighted by Gasteiger charge is 2.19. The van der Waals surface area contributed by atoms with Crippen LogP contribution in [0.15, 0.2) is 49.6 Å². The monoisotopic (exact) mass is 285 g/mol. The lowest BCUT2D eigenvalue weighted by Crippen LogP contribution is -2.31. The van der Waals surface area contributed by atoms with Crippen molar-refractivity contribution in [2.75, 3.05) is 13.1 Å². The van der Waals surface area contributed by atoms with Gasteiger partial charge in [0.25, 0.3) is 11.6 Å². The number of carbonyl (C=O) groups is 1. The molecule has 0 atom stereocenters. The van der Waals surface area contributed by atoms with Gasteiger partial charge in [-0.05, 0) is 6.07 Å². The van der Waals surface area contributed by atoms with Crippen molar-refractivity contribution < 1.29 is 9.72 Å². The zero-order chi connectivity index (χ0) is 15.4. The number of hydrogen-bond donors (Lipinski definition) is 1. The molecule has 1 N–H and O–H groups in total. The lowest BCUT2D eigenvalue weighted by Gasteiger charge is -2.18. The second-order valence-corrected chi connectivity index (χ2v) is 4.47. The first-order chi connectivity index (χ1) is 10.1. The first kappa shape index (κ1) is 14.5. The molecule has 6 heteroatoms. The Bertz CT molecular complexity index is 708. The number of H-pyrrole nitrogens is 1. The molecule has 0 radical (unpaired) electrons. The normalized spacial score (nSPS) is 10.3. The van der Waals surface area contributed by atoms with Gasteiger partial charge in [0.1, 0.15) is 11.2 Å². The third kappa shape index (κ3) is 2.84. The van der Waals surface area contributed by atoms with Gasteiger partial charge in [0.15, 0.2) is 0 Å². The molecule has 1 heterocycles. The summed E-state index contributed by atoms with van der Waals surface area (Å²) in [6.07, 6.45) is 3.24. The zero-order valence-corrected chi connectivity index (χ0v) is 11.4. The van der Waals surface area contributed by atoms with Crippen LogP contribution in [0.1, 0.15) is 10.5 Å². The van der Waals surface area contributed by atoms with Gasteiger partial charge in [0.2, 0.25) is 0 Å². The van der Waals surface area contributed by atoms with Crippen molar-refractivity contribution in [2.24, 2.45) is 0 Å². The Balaban J connectivity index is 2.44. The first-order valence-corrected chi connectivity index (χ1v) is 6.35. The largest absolute Gasteiger partial charge is 0.345 e. The molecule has 21 heavy (non-hydrogen) atoms. The number of nitrogens with one attached hydrogen (secondary N) is 1. The molecule has 0 unspecified atom stereocenters. The second-order valence-electron chi connectivity index (χ2n) is 4.47. The maximum atomic E-state index is 12.4. The number of aromatic nitrogens is 1. The lowest BCUT2D eigenvalue weighted by molar-refractivity contribution is -0.383. The Morgan fingerprint density at radius 3 is 2.57 bits per heavy atom. The lowest BCUT2D eigenvalue weighted by atomic mass is 10.2. The van der Waals surface area contributed by atoms with E-state index in [1.165, 1.54) is 11.0 Å². The van der Waals surface area contributed by atoms with E-state index in [1.807, 2.05) is 0 Å². The molecule has 108 valence electrons. The van der Waals surface area contributed by atoms with Crippen LogP contribution < -0.4 is 0 Å². The number of fused-ring (bicyclic) bond motifs is 1. The fourth-order valence-corrected chi connectivity index (χ4v) is 2.13. The smallest absolute Gasteiger partial charge is 0.293 e. The van der Waals surface area contributed by atoms with Gasteiger partial charge >= 0.3 is 0 Å². The van der Waals surface area contributed by atoms with E-state index in [4.69, 9.17) is 0 Å². The Hall–Kier alpha value is -2.89. The van der Waals surface area contributed by atoms with Gasteiger partial charge in [-0.3, -0.25) is 14.9 Å². The van der Waals surface area contributed by atoms with Gasteiger partial charge in [0.05, 0.1) is 4.92 Å². The number of rotatable bonds is 6. The molecular formula is C15H15N3O3. The molecule has 0 fully saturated rings. The van der Waals surface area contributed by atoms with E-state index in [9.17, 15) is 14.9 Å². The van der Waals surface area contributed by atoms with Crippen LogP contribution in [0.5, 0.6) is 0 Å². The van der Waals surface area contributed by atoms with Gasteiger partial charge in [-0.2, -0.15) is 0 Å². The van der Waals surface area contributed by atoms with E-state index in [-0.39, 0.29) is 11.6 Å². The highest BCUT2D eigenvalue weighted by molar-refractivity contribution is 6.00. The quantitative estimate of drug-likeness (QED) is 0.503. The summed E-state index contributed by atoms with van der Waals surface area (Å²) in [7, 11) is 0. The molecular weight excluding hydrogens is 270 g/mol. The topological polar surface area (TPSA) is 79.2 Å². The van der Waals surface area contributed by atoms with Crippen molar-refractivity contribution in [3.05, 3.63) is 65.4 Å². The molecule has 2 aromatic rings. The van der Waals surface area contributed by atoms with Gasteiger partial charge in [-0.1, -0.05) is 24.3 Å². The van der Waals surface area contributed by atoms with E-state index in [1.54, 1.807) is 30.4 Å². The summed E-state index contributed by atoms with van der Waals surface area (Å²) in [6.45, 7) is 7.98. The van der Waals surface area contributed by atoms with E-state index in [0.29, 0.717) is 29.7 Å². The molecule has 0 saturated carbocycles. The Morgan fingerprint density at radius 2 is 2.00 bits per heavy atom. The van der Waals surface area contributed by atoms with E-state index >= 15 is 0 Å². The average molecular weight is 285 g/mol. The highest BCUT2D eigenvalue weighted by Crippen LogP contribution is 2.25. The molecule has 0 aliphatic heterocycles. The van der Waals surface area contributed by atoms with Crippen LogP contribution in [0.25, 0.3) is 10.9 Å². The summed E-state index contributed by atoms with van der Waals surface area (Å²) in [5.74, 6) is -0.250. The summed E-state index contributed by atoms with van der Waals surface area (Å²) in [5, 5.41) is 11.6. The van der Waals surface area contributed by atoms with E-state index < -0.39 is 4.92 Å². The van der Waals surface area contributed by atoms with Crippen LogP contribution in [0.3, 0.4) is 0 Å². The molecule has 0 saturated heterocycles. The van der Waals surface area contributed by atoms with Crippen molar-refractivity contribution in [3.63, 3.8) is 0 Å². The van der Waals surface area contributed by atoms with E-state index in [2.05, 4.69) is 18.1 Å². The minimum Gasteiger partial charge on any atom is -0.345 e. The number of carbonyl (C=O) groups excluding carboxylic acids is 1. The Morgan fingerprint density at radius 1 is 1.33 bits per heavy atom. The Kier molecular flexibility index (Phi) is 4.18. The first-order valence-electron chi connectivity index (χ1n) is 6.35. The standard InChI is InChI=1S/C15H15N3O3/c1-3-8-17(9-4-2)15(19)12-10-11-6-5-7-13(18(20)21)14(11)16-12/h3-7,10,16H,1-2,8-9H2.